The van der Waals surface area contributed by atoms with E-state index >= 15 is 0 Å². The minimum Gasteiger partial charge on any atom is -0.368 e. The van der Waals surface area contributed by atoms with Crippen molar-refractivity contribution in [3.8, 4) is 0 Å². The zero-order valence-corrected chi connectivity index (χ0v) is 12.6. The minimum absolute atomic E-state index is 0.0437. The number of anilines is 1. The van der Waals surface area contributed by atoms with Crippen LogP contribution in [0.5, 0.6) is 0 Å². The summed E-state index contributed by atoms with van der Waals surface area (Å²) in [6, 6.07) is 7.32. The van der Waals surface area contributed by atoms with Gasteiger partial charge in [0.15, 0.2) is 0 Å². The first-order valence-electron chi connectivity index (χ1n) is 6.94. The van der Waals surface area contributed by atoms with Crippen molar-refractivity contribution in [2.45, 2.75) is 13.0 Å². The molecule has 0 saturated heterocycles. The van der Waals surface area contributed by atoms with Crippen LogP contribution < -0.4 is 5.73 Å². The van der Waals surface area contributed by atoms with E-state index in [4.69, 9.17) is 17.3 Å². The Balaban J connectivity index is 1.70. The van der Waals surface area contributed by atoms with E-state index in [1.54, 1.807) is 35.4 Å². The molecule has 0 fully saturated rings. The van der Waals surface area contributed by atoms with Crippen molar-refractivity contribution < 1.29 is 4.79 Å². The van der Waals surface area contributed by atoms with Crippen LogP contribution in [0.2, 0.25) is 5.02 Å². The lowest BCUT2D eigenvalue weighted by Crippen LogP contribution is -2.35. The lowest BCUT2D eigenvalue weighted by molar-refractivity contribution is -0.126. The summed E-state index contributed by atoms with van der Waals surface area (Å²) in [5, 5.41) is 0.674. The highest BCUT2D eigenvalue weighted by atomic mass is 35.5. The highest BCUT2D eigenvalue weighted by molar-refractivity contribution is 6.30. The predicted molar refractivity (Wildman–Crippen MR) is 86.1 cm³/mol. The molecular weight excluding hydrogens is 300 g/mol. The predicted octanol–water partition coefficient (Wildman–Crippen LogP) is 2.31. The molecule has 6 heteroatoms. The molecule has 1 aromatic carbocycles. The molecular formula is C16H15ClN4O. The molecule has 0 unspecified atom stereocenters. The molecule has 3 rings (SSSR count). The zero-order valence-electron chi connectivity index (χ0n) is 11.9. The van der Waals surface area contributed by atoms with Crippen LogP contribution in [0.1, 0.15) is 16.8 Å². The molecule has 1 aliphatic rings. The molecule has 22 heavy (non-hydrogen) atoms. The smallest absolute Gasteiger partial charge is 0.246 e. The largest absolute Gasteiger partial charge is 0.368 e. The van der Waals surface area contributed by atoms with E-state index in [9.17, 15) is 4.79 Å². The van der Waals surface area contributed by atoms with Crippen LogP contribution >= 0.6 is 11.6 Å². The van der Waals surface area contributed by atoms with Gasteiger partial charge in [-0.2, -0.15) is 0 Å². The number of rotatable bonds is 2. The van der Waals surface area contributed by atoms with E-state index in [2.05, 4.69) is 9.97 Å². The number of nitrogens with two attached hydrogens (primary N) is 1. The molecule has 0 aliphatic carbocycles. The van der Waals surface area contributed by atoms with Gasteiger partial charge >= 0.3 is 0 Å². The lowest BCUT2D eigenvalue weighted by atomic mass is 10.1. The van der Waals surface area contributed by atoms with Gasteiger partial charge in [0.05, 0.1) is 12.2 Å². The quantitative estimate of drug-likeness (QED) is 0.863. The van der Waals surface area contributed by atoms with Crippen molar-refractivity contribution in [3.05, 3.63) is 58.4 Å². The Morgan fingerprint density at radius 2 is 2.09 bits per heavy atom. The van der Waals surface area contributed by atoms with E-state index in [0.29, 0.717) is 18.1 Å². The van der Waals surface area contributed by atoms with Crippen molar-refractivity contribution >= 4 is 29.5 Å². The second-order valence-electron chi connectivity index (χ2n) is 5.09. The molecule has 2 N–H and O–H groups in total. The first-order chi connectivity index (χ1) is 10.6. The van der Waals surface area contributed by atoms with Crippen LogP contribution in [0, 0.1) is 0 Å². The van der Waals surface area contributed by atoms with Crippen LogP contribution in [0.3, 0.4) is 0 Å². The summed E-state index contributed by atoms with van der Waals surface area (Å²) in [7, 11) is 0. The van der Waals surface area contributed by atoms with E-state index < -0.39 is 0 Å². The Hall–Kier alpha value is -2.40. The van der Waals surface area contributed by atoms with Gasteiger partial charge in [0, 0.05) is 23.8 Å². The molecule has 0 atom stereocenters. The minimum atomic E-state index is -0.0437. The van der Waals surface area contributed by atoms with E-state index in [1.165, 1.54) is 0 Å². The lowest BCUT2D eigenvalue weighted by Gasteiger charge is -2.26. The molecule has 2 heterocycles. The summed E-state index contributed by atoms with van der Waals surface area (Å²) < 4.78 is 0. The number of nitrogens with zero attached hydrogens (tertiary/aromatic N) is 3. The Morgan fingerprint density at radius 3 is 2.86 bits per heavy atom. The number of benzene rings is 1. The summed E-state index contributed by atoms with van der Waals surface area (Å²) in [6.07, 6.45) is 5.83. The fourth-order valence-electron chi connectivity index (χ4n) is 2.35. The molecule has 1 aliphatic heterocycles. The third-order valence-electron chi connectivity index (χ3n) is 3.56. The molecule has 1 aromatic heterocycles. The van der Waals surface area contributed by atoms with Gasteiger partial charge in [0.25, 0.3) is 0 Å². The van der Waals surface area contributed by atoms with Crippen LogP contribution in [0.15, 0.2) is 36.5 Å². The number of carbonyl (C=O) groups excluding carboxylic acids is 1. The second kappa shape index (κ2) is 6.15. The number of aromatic nitrogens is 2. The SMILES string of the molecule is Nc1ncc2c(n1)CN(C(=O)C=Cc1ccc(Cl)cc1)CC2. The average molecular weight is 315 g/mol. The molecule has 2 aromatic rings. The maximum Gasteiger partial charge on any atom is 0.246 e. The fourth-order valence-corrected chi connectivity index (χ4v) is 2.48. The average Bonchev–Trinajstić information content (AvgIpc) is 2.53. The van der Waals surface area contributed by atoms with Crippen LogP contribution in [-0.2, 0) is 17.8 Å². The van der Waals surface area contributed by atoms with Crippen LogP contribution in [0.25, 0.3) is 6.08 Å². The van der Waals surface area contributed by atoms with E-state index in [0.717, 1.165) is 23.2 Å². The van der Waals surface area contributed by atoms with Gasteiger partial charge in [-0.1, -0.05) is 23.7 Å². The highest BCUT2D eigenvalue weighted by Gasteiger charge is 2.20. The van der Waals surface area contributed by atoms with Crippen molar-refractivity contribution in [1.29, 1.82) is 0 Å². The van der Waals surface area contributed by atoms with Gasteiger partial charge in [-0.05, 0) is 35.8 Å². The Morgan fingerprint density at radius 1 is 1.32 bits per heavy atom. The third-order valence-corrected chi connectivity index (χ3v) is 3.82. The number of carbonyl (C=O) groups is 1. The number of amides is 1. The first kappa shape index (κ1) is 14.5. The van der Waals surface area contributed by atoms with Crippen molar-refractivity contribution in [2.75, 3.05) is 12.3 Å². The Kier molecular flexibility index (Phi) is 4.06. The molecule has 5 nitrogen and oxygen atoms in total. The summed E-state index contributed by atoms with van der Waals surface area (Å²) in [6.45, 7) is 1.12. The topological polar surface area (TPSA) is 72.1 Å². The standard InChI is InChI=1S/C16H15ClN4O/c17-13-4-1-11(2-5-13)3-6-15(22)21-8-7-12-9-19-16(18)20-14(12)10-21/h1-6,9H,7-8,10H2,(H2,18,19,20). The molecule has 1 amide bonds. The third kappa shape index (κ3) is 3.26. The van der Waals surface area contributed by atoms with Gasteiger partial charge < -0.3 is 10.6 Å². The number of nitrogen functional groups attached to an aromatic ring is 1. The normalized spacial score (nSPS) is 14.1. The maximum atomic E-state index is 12.3. The molecule has 112 valence electrons. The van der Waals surface area contributed by atoms with Gasteiger partial charge in [0.1, 0.15) is 0 Å². The van der Waals surface area contributed by atoms with Gasteiger partial charge in [-0.3, -0.25) is 4.79 Å². The molecule has 0 radical (unpaired) electrons. The number of hydrogen-bond donors (Lipinski definition) is 1. The van der Waals surface area contributed by atoms with Crippen molar-refractivity contribution in [3.63, 3.8) is 0 Å². The van der Waals surface area contributed by atoms with Crippen LogP contribution in [-0.4, -0.2) is 27.3 Å². The first-order valence-corrected chi connectivity index (χ1v) is 7.32. The zero-order chi connectivity index (χ0) is 15.5. The van der Waals surface area contributed by atoms with Gasteiger partial charge in [-0.25, -0.2) is 9.97 Å². The summed E-state index contributed by atoms with van der Waals surface area (Å²) >= 11 is 5.84. The number of halogens is 1. The molecule has 0 bridgehead atoms. The van der Waals surface area contributed by atoms with E-state index in [1.807, 2.05) is 12.1 Å². The number of fused-ring (bicyclic) bond motifs is 1. The highest BCUT2D eigenvalue weighted by Crippen LogP contribution is 2.17. The van der Waals surface area contributed by atoms with E-state index in [-0.39, 0.29) is 11.9 Å². The monoisotopic (exact) mass is 314 g/mol. The molecule has 0 saturated carbocycles. The Labute approximate surface area is 133 Å². The molecule has 0 spiro atoms. The van der Waals surface area contributed by atoms with Crippen LogP contribution in [0.4, 0.5) is 5.95 Å². The maximum absolute atomic E-state index is 12.3. The van der Waals surface area contributed by atoms with Gasteiger partial charge in [0.2, 0.25) is 11.9 Å². The summed E-state index contributed by atoms with van der Waals surface area (Å²) in [5.41, 5.74) is 8.41. The van der Waals surface area contributed by atoms with Crippen molar-refractivity contribution in [2.24, 2.45) is 0 Å². The van der Waals surface area contributed by atoms with Crippen molar-refractivity contribution in [1.82, 2.24) is 14.9 Å². The van der Waals surface area contributed by atoms with Gasteiger partial charge in [-0.15, -0.1) is 0 Å². The second-order valence-corrected chi connectivity index (χ2v) is 5.53. The summed E-state index contributed by atoms with van der Waals surface area (Å²) in [5.74, 6) is 0.197. The fraction of sp³-hybridized carbons (Fsp3) is 0.188. The Bertz CT molecular complexity index is 727. The summed E-state index contributed by atoms with van der Waals surface area (Å²) in [4.78, 5) is 22.2. The number of hydrogen-bond acceptors (Lipinski definition) is 4.